The highest BCUT2D eigenvalue weighted by atomic mass is 16.5. The Balaban J connectivity index is 1.34. The standard InChI is InChI=1S/C23H25N3O4/c1-28-21-9-8-18(14-22(21)29-2)23(27)26-12-10-25(11-13-26)16-19-15-20(24-30-19)17-6-4-3-5-7-17/h3-9,14-15H,10-13,16H2,1-2H3. The lowest BCUT2D eigenvalue weighted by Crippen LogP contribution is -2.48. The van der Waals surface area contributed by atoms with Crippen LogP contribution in [0.4, 0.5) is 0 Å². The van der Waals surface area contributed by atoms with Gasteiger partial charge in [-0.3, -0.25) is 9.69 Å². The smallest absolute Gasteiger partial charge is 0.254 e. The van der Waals surface area contributed by atoms with Gasteiger partial charge in [0.2, 0.25) is 0 Å². The number of hydrogen-bond acceptors (Lipinski definition) is 6. The van der Waals surface area contributed by atoms with Crippen LogP contribution in [0.1, 0.15) is 16.1 Å². The number of aromatic nitrogens is 1. The van der Waals surface area contributed by atoms with E-state index in [9.17, 15) is 4.79 Å². The maximum absolute atomic E-state index is 12.9. The zero-order valence-electron chi connectivity index (χ0n) is 17.2. The van der Waals surface area contributed by atoms with Gasteiger partial charge in [-0.25, -0.2) is 0 Å². The largest absolute Gasteiger partial charge is 0.493 e. The zero-order chi connectivity index (χ0) is 20.9. The fourth-order valence-corrected chi connectivity index (χ4v) is 3.61. The van der Waals surface area contributed by atoms with Crippen molar-refractivity contribution in [3.63, 3.8) is 0 Å². The molecule has 1 aromatic heterocycles. The van der Waals surface area contributed by atoms with Gasteiger partial charge in [0.05, 0.1) is 20.8 Å². The van der Waals surface area contributed by atoms with Gasteiger partial charge in [-0.2, -0.15) is 0 Å². The van der Waals surface area contributed by atoms with E-state index >= 15 is 0 Å². The molecule has 0 saturated carbocycles. The summed E-state index contributed by atoms with van der Waals surface area (Å²) in [4.78, 5) is 17.0. The molecule has 1 saturated heterocycles. The van der Waals surface area contributed by atoms with Crippen LogP contribution in [0.2, 0.25) is 0 Å². The van der Waals surface area contributed by atoms with E-state index in [1.165, 1.54) is 0 Å². The van der Waals surface area contributed by atoms with Crippen molar-refractivity contribution in [2.75, 3.05) is 40.4 Å². The molecule has 0 atom stereocenters. The normalized spacial score (nSPS) is 14.5. The van der Waals surface area contributed by atoms with Crippen LogP contribution in [0, 0.1) is 0 Å². The molecule has 156 valence electrons. The van der Waals surface area contributed by atoms with Gasteiger partial charge in [0.1, 0.15) is 5.69 Å². The van der Waals surface area contributed by atoms with Gasteiger partial charge in [-0.05, 0) is 18.2 Å². The van der Waals surface area contributed by atoms with Crippen molar-refractivity contribution < 1.29 is 18.8 Å². The number of nitrogens with zero attached hydrogens (tertiary/aromatic N) is 3. The van der Waals surface area contributed by atoms with Crippen molar-refractivity contribution in [2.45, 2.75) is 6.54 Å². The van der Waals surface area contributed by atoms with Crippen molar-refractivity contribution in [1.82, 2.24) is 15.0 Å². The highest BCUT2D eigenvalue weighted by Crippen LogP contribution is 2.28. The Morgan fingerprint density at radius 3 is 2.40 bits per heavy atom. The first-order valence-electron chi connectivity index (χ1n) is 9.92. The monoisotopic (exact) mass is 407 g/mol. The second-order valence-electron chi connectivity index (χ2n) is 7.18. The molecule has 0 unspecified atom stereocenters. The Labute approximate surface area is 175 Å². The van der Waals surface area contributed by atoms with Crippen molar-refractivity contribution in [3.05, 3.63) is 65.9 Å². The summed E-state index contributed by atoms with van der Waals surface area (Å²) in [7, 11) is 3.15. The van der Waals surface area contributed by atoms with Crippen LogP contribution >= 0.6 is 0 Å². The fourth-order valence-electron chi connectivity index (χ4n) is 3.61. The molecule has 7 heteroatoms. The summed E-state index contributed by atoms with van der Waals surface area (Å²) in [6.07, 6.45) is 0. The predicted molar refractivity (Wildman–Crippen MR) is 113 cm³/mol. The number of piperazine rings is 1. The van der Waals surface area contributed by atoms with E-state index in [-0.39, 0.29) is 5.91 Å². The molecule has 1 amide bonds. The Morgan fingerprint density at radius 2 is 1.70 bits per heavy atom. The Bertz CT molecular complexity index is 995. The minimum Gasteiger partial charge on any atom is -0.493 e. The average Bonchev–Trinajstić information content (AvgIpc) is 3.27. The van der Waals surface area contributed by atoms with E-state index in [4.69, 9.17) is 14.0 Å². The van der Waals surface area contributed by atoms with Crippen molar-refractivity contribution >= 4 is 5.91 Å². The number of hydrogen-bond donors (Lipinski definition) is 0. The number of methoxy groups -OCH3 is 2. The first kappa shape index (κ1) is 20.0. The third-order valence-corrected chi connectivity index (χ3v) is 5.30. The topological polar surface area (TPSA) is 68.0 Å². The van der Waals surface area contributed by atoms with Crippen LogP contribution in [0.5, 0.6) is 11.5 Å². The van der Waals surface area contributed by atoms with Crippen LogP contribution < -0.4 is 9.47 Å². The summed E-state index contributed by atoms with van der Waals surface area (Å²) >= 11 is 0. The van der Waals surface area contributed by atoms with Gasteiger partial charge >= 0.3 is 0 Å². The van der Waals surface area contributed by atoms with Crippen molar-refractivity contribution in [2.24, 2.45) is 0 Å². The van der Waals surface area contributed by atoms with Gasteiger partial charge in [-0.15, -0.1) is 0 Å². The molecule has 1 aliphatic rings. The predicted octanol–water partition coefficient (Wildman–Crippen LogP) is 3.32. The molecule has 0 aliphatic carbocycles. The van der Waals surface area contributed by atoms with E-state index in [1.54, 1.807) is 32.4 Å². The van der Waals surface area contributed by atoms with Gasteiger partial charge in [0.25, 0.3) is 5.91 Å². The maximum Gasteiger partial charge on any atom is 0.254 e. The van der Waals surface area contributed by atoms with Gasteiger partial charge in [-0.1, -0.05) is 35.5 Å². The molecule has 0 N–H and O–H groups in total. The van der Waals surface area contributed by atoms with E-state index in [1.807, 2.05) is 41.3 Å². The summed E-state index contributed by atoms with van der Waals surface area (Å²) in [6.45, 7) is 3.55. The molecule has 1 aliphatic heterocycles. The third-order valence-electron chi connectivity index (χ3n) is 5.30. The van der Waals surface area contributed by atoms with Crippen LogP contribution in [-0.2, 0) is 6.54 Å². The van der Waals surface area contributed by atoms with Gasteiger partial charge in [0, 0.05) is 43.4 Å². The quantitative estimate of drug-likeness (QED) is 0.625. The summed E-state index contributed by atoms with van der Waals surface area (Å²) in [5.74, 6) is 2.00. The molecular weight excluding hydrogens is 382 g/mol. The molecule has 0 bridgehead atoms. The second kappa shape index (κ2) is 9.00. The molecular formula is C23H25N3O4. The van der Waals surface area contributed by atoms with E-state index < -0.39 is 0 Å². The van der Waals surface area contributed by atoms with E-state index in [0.29, 0.717) is 36.7 Å². The lowest BCUT2D eigenvalue weighted by molar-refractivity contribution is 0.0617. The number of carbonyl (C=O) groups excluding carboxylic acids is 1. The molecule has 1 fully saturated rings. The highest BCUT2D eigenvalue weighted by Gasteiger charge is 2.24. The van der Waals surface area contributed by atoms with Crippen LogP contribution in [0.25, 0.3) is 11.3 Å². The molecule has 3 aromatic rings. The Hall–Kier alpha value is -3.32. The molecule has 7 nitrogen and oxygen atoms in total. The lowest BCUT2D eigenvalue weighted by Gasteiger charge is -2.34. The molecule has 4 rings (SSSR count). The maximum atomic E-state index is 12.9. The van der Waals surface area contributed by atoms with E-state index in [0.717, 1.165) is 30.1 Å². The Kier molecular flexibility index (Phi) is 5.99. The summed E-state index contributed by atoms with van der Waals surface area (Å²) in [5.41, 5.74) is 2.48. The number of amides is 1. The molecule has 0 radical (unpaired) electrons. The minimum absolute atomic E-state index is 0.00151. The second-order valence-corrected chi connectivity index (χ2v) is 7.18. The summed E-state index contributed by atoms with van der Waals surface area (Å²) in [5, 5.41) is 4.18. The lowest BCUT2D eigenvalue weighted by atomic mass is 10.1. The van der Waals surface area contributed by atoms with Crippen molar-refractivity contribution in [1.29, 1.82) is 0 Å². The third kappa shape index (κ3) is 4.31. The fraction of sp³-hybridized carbons (Fsp3) is 0.304. The molecule has 0 spiro atoms. The molecule has 30 heavy (non-hydrogen) atoms. The minimum atomic E-state index is 0.00151. The van der Waals surface area contributed by atoms with Gasteiger partial charge in [0.15, 0.2) is 17.3 Å². The van der Waals surface area contributed by atoms with Crippen LogP contribution in [0.15, 0.2) is 59.1 Å². The molecule has 2 aromatic carbocycles. The number of ether oxygens (including phenoxy) is 2. The number of rotatable bonds is 6. The zero-order valence-corrected chi connectivity index (χ0v) is 17.2. The number of carbonyl (C=O) groups is 1. The Morgan fingerprint density at radius 1 is 0.967 bits per heavy atom. The van der Waals surface area contributed by atoms with E-state index in [2.05, 4.69) is 10.1 Å². The van der Waals surface area contributed by atoms with Crippen molar-refractivity contribution in [3.8, 4) is 22.8 Å². The van der Waals surface area contributed by atoms with Gasteiger partial charge < -0.3 is 18.9 Å². The van der Waals surface area contributed by atoms with Crippen LogP contribution in [-0.4, -0.2) is 61.3 Å². The summed E-state index contributed by atoms with van der Waals surface area (Å²) < 4.78 is 16.1. The first-order valence-corrected chi connectivity index (χ1v) is 9.92. The highest BCUT2D eigenvalue weighted by molar-refractivity contribution is 5.95. The summed E-state index contributed by atoms with van der Waals surface area (Å²) in [6, 6.07) is 17.2. The first-order chi connectivity index (χ1) is 14.7. The number of benzene rings is 2. The average molecular weight is 407 g/mol. The van der Waals surface area contributed by atoms with Crippen LogP contribution in [0.3, 0.4) is 0 Å². The SMILES string of the molecule is COc1ccc(C(=O)N2CCN(Cc3cc(-c4ccccc4)no3)CC2)cc1OC. The molecule has 2 heterocycles.